The molecule has 1 aromatic carbocycles. The van der Waals surface area contributed by atoms with Crippen LogP contribution in [0.1, 0.15) is 5.76 Å². The Balaban J connectivity index is 1.49. The van der Waals surface area contributed by atoms with Crippen molar-refractivity contribution in [2.45, 2.75) is 11.7 Å². The largest absolute Gasteiger partial charge is 0.460 e. The van der Waals surface area contributed by atoms with Gasteiger partial charge in [-0.3, -0.25) is 0 Å². The second-order valence-electron chi connectivity index (χ2n) is 5.00. The summed E-state index contributed by atoms with van der Waals surface area (Å²) < 4.78 is 7.48. The minimum Gasteiger partial charge on any atom is -0.460 e. The Labute approximate surface area is 153 Å². The second-order valence-corrected chi connectivity index (χ2v) is 6.91. The molecule has 2 heterocycles. The standard InChI is InChI=1S/C15H15Cl2N5OS/c1-22-15(19-20-21-22)24-7-6-18-9-11-3-5-14(23-11)12-8-10(16)2-4-13(12)17/h2-5,8,18H,6-7,9H2,1H3. The number of nitrogens with zero attached hydrogens (tertiary/aromatic N) is 4. The molecule has 2 aromatic heterocycles. The molecule has 0 saturated heterocycles. The summed E-state index contributed by atoms with van der Waals surface area (Å²) in [4.78, 5) is 0. The molecule has 126 valence electrons. The summed E-state index contributed by atoms with van der Waals surface area (Å²) in [7, 11) is 1.82. The van der Waals surface area contributed by atoms with Crippen LogP contribution in [-0.2, 0) is 13.6 Å². The molecule has 3 aromatic rings. The Morgan fingerprint density at radius 1 is 1.25 bits per heavy atom. The van der Waals surface area contributed by atoms with E-state index in [1.165, 1.54) is 0 Å². The van der Waals surface area contributed by atoms with Gasteiger partial charge < -0.3 is 9.73 Å². The second kappa shape index (κ2) is 8.02. The molecule has 0 aliphatic heterocycles. The van der Waals surface area contributed by atoms with Gasteiger partial charge >= 0.3 is 0 Å². The van der Waals surface area contributed by atoms with Gasteiger partial charge in [0.2, 0.25) is 5.16 Å². The monoisotopic (exact) mass is 383 g/mol. The van der Waals surface area contributed by atoms with Crippen LogP contribution in [0.3, 0.4) is 0 Å². The number of hydrogen-bond acceptors (Lipinski definition) is 6. The van der Waals surface area contributed by atoms with Gasteiger partial charge in [-0.2, -0.15) is 0 Å². The zero-order valence-electron chi connectivity index (χ0n) is 12.9. The molecule has 0 saturated carbocycles. The van der Waals surface area contributed by atoms with Gasteiger partial charge in [-0.15, -0.1) is 5.10 Å². The lowest BCUT2D eigenvalue weighted by molar-refractivity contribution is 0.499. The fraction of sp³-hybridized carbons (Fsp3) is 0.267. The quantitative estimate of drug-likeness (QED) is 0.495. The first-order valence-corrected chi connectivity index (χ1v) is 8.97. The molecule has 0 spiro atoms. The van der Waals surface area contributed by atoms with Gasteiger partial charge in [-0.05, 0) is 40.8 Å². The molecule has 0 amide bonds. The molecule has 3 rings (SSSR count). The summed E-state index contributed by atoms with van der Waals surface area (Å²) in [5.74, 6) is 2.41. The van der Waals surface area contributed by atoms with Gasteiger partial charge in [0.05, 0.1) is 11.6 Å². The first kappa shape index (κ1) is 17.3. The predicted octanol–water partition coefficient (Wildman–Crippen LogP) is 3.66. The van der Waals surface area contributed by atoms with Crippen molar-refractivity contribution in [1.29, 1.82) is 0 Å². The van der Waals surface area contributed by atoms with E-state index in [9.17, 15) is 0 Å². The summed E-state index contributed by atoms with van der Waals surface area (Å²) in [6, 6.07) is 9.14. The van der Waals surface area contributed by atoms with Crippen LogP contribution >= 0.6 is 35.0 Å². The van der Waals surface area contributed by atoms with Crippen LogP contribution in [0.15, 0.2) is 39.9 Å². The van der Waals surface area contributed by atoms with Gasteiger partial charge in [0.15, 0.2) is 0 Å². The molecule has 0 fully saturated rings. The van der Waals surface area contributed by atoms with E-state index < -0.39 is 0 Å². The van der Waals surface area contributed by atoms with E-state index >= 15 is 0 Å². The Kier molecular flexibility index (Phi) is 5.78. The highest BCUT2D eigenvalue weighted by molar-refractivity contribution is 7.99. The number of aromatic nitrogens is 4. The van der Waals surface area contributed by atoms with Gasteiger partial charge in [0, 0.05) is 29.9 Å². The molecular weight excluding hydrogens is 369 g/mol. The highest BCUT2D eigenvalue weighted by Gasteiger charge is 2.09. The van der Waals surface area contributed by atoms with Crippen LogP contribution in [0.5, 0.6) is 0 Å². The lowest BCUT2D eigenvalue weighted by Gasteiger charge is -2.03. The lowest BCUT2D eigenvalue weighted by atomic mass is 10.2. The van der Waals surface area contributed by atoms with Gasteiger partial charge in [0.25, 0.3) is 0 Å². The highest BCUT2D eigenvalue weighted by atomic mass is 35.5. The zero-order valence-corrected chi connectivity index (χ0v) is 15.2. The van der Waals surface area contributed by atoms with E-state index in [-0.39, 0.29) is 0 Å². The summed E-state index contributed by atoms with van der Waals surface area (Å²) in [5.41, 5.74) is 0.792. The Hall–Kier alpha value is -1.54. The molecule has 0 radical (unpaired) electrons. The third kappa shape index (κ3) is 4.30. The molecule has 0 aliphatic carbocycles. The summed E-state index contributed by atoms with van der Waals surface area (Å²) in [6.45, 7) is 1.45. The average molecular weight is 384 g/mol. The molecule has 24 heavy (non-hydrogen) atoms. The molecule has 1 N–H and O–H groups in total. The maximum absolute atomic E-state index is 6.19. The smallest absolute Gasteiger partial charge is 0.209 e. The van der Waals surface area contributed by atoms with Crippen LogP contribution in [0.2, 0.25) is 10.0 Å². The number of aryl methyl sites for hydroxylation is 1. The van der Waals surface area contributed by atoms with Crippen molar-refractivity contribution < 1.29 is 4.42 Å². The average Bonchev–Trinajstić information content (AvgIpc) is 3.19. The third-order valence-corrected chi connectivity index (χ3v) is 4.82. The first-order chi connectivity index (χ1) is 11.6. The maximum atomic E-state index is 6.19. The molecule has 0 atom stereocenters. The number of benzene rings is 1. The van der Waals surface area contributed by atoms with Gasteiger partial charge in [-0.1, -0.05) is 35.0 Å². The van der Waals surface area contributed by atoms with E-state index in [4.69, 9.17) is 27.6 Å². The van der Waals surface area contributed by atoms with E-state index in [0.717, 1.165) is 28.8 Å². The zero-order chi connectivity index (χ0) is 16.9. The SMILES string of the molecule is Cn1nnnc1SCCNCc1ccc(-c2cc(Cl)ccc2Cl)o1. The van der Waals surface area contributed by atoms with E-state index in [1.807, 2.05) is 19.2 Å². The topological polar surface area (TPSA) is 68.8 Å². The minimum atomic E-state index is 0.613. The van der Waals surface area contributed by atoms with Crippen molar-refractivity contribution in [3.8, 4) is 11.3 Å². The van der Waals surface area contributed by atoms with Gasteiger partial charge in [0.1, 0.15) is 11.5 Å². The Morgan fingerprint density at radius 2 is 2.12 bits per heavy atom. The normalized spacial score (nSPS) is 11.1. The molecule has 9 heteroatoms. The third-order valence-electron chi connectivity index (χ3n) is 3.25. The van der Waals surface area contributed by atoms with Crippen molar-refractivity contribution >= 4 is 35.0 Å². The summed E-state index contributed by atoms with van der Waals surface area (Å²) in [5, 5.41) is 16.7. The van der Waals surface area contributed by atoms with E-state index in [2.05, 4.69) is 20.8 Å². The number of nitrogens with one attached hydrogen (secondary N) is 1. The lowest BCUT2D eigenvalue weighted by Crippen LogP contribution is -2.16. The highest BCUT2D eigenvalue weighted by Crippen LogP contribution is 2.31. The van der Waals surface area contributed by atoms with Crippen molar-refractivity contribution in [2.75, 3.05) is 12.3 Å². The Morgan fingerprint density at radius 3 is 2.92 bits per heavy atom. The van der Waals surface area contributed by atoms with Crippen LogP contribution in [0.25, 0.3) is 11.3 Å². The molecule has 6 nitrogen and oxygen atoms in total. The molecule has 0 aliphatic rings. The number of hydrogen-bond donors (Lipinski definition) is 1. The summed E-state index contributed by atoms with van der Waals surface area (Å²) >= 11 is 13.8. The van der Waals surface area contributed by atoms with Crippen molar-refractivity contribution in [2.24, 2.45) is 7.05 Å². The van der Waals surface area contributed by atoms with E-state index in [1.54, 1.807) is 34.6 Å². The fourth-order valence-corrected chi connectivity index (χ4v) is 3.20. The molecular formula is C15H15Cl2N5OS. The van der Waals surface area contributed by atoms with Crippen LogP contribution in [0, 0.1) is 0 Å². The van der Waals surface area contributed by atoms with Crippen LogP contribution < -0.4 is 5.32 Å². The predicted molar refractivity (Wildman–Crippen MR) is 95.4 cm³/mol. The summed E-state index contributed by atoms with van der Waals surface area (Å²) in [6.07, 6.45) is 0. The number of tetrazole rings is 1. The number of rotatable bonds is 7. The maximum Gasteiger partial charge on any atom is 0.209 e. The molecule has 0 bridgehead atoms. The van der Waals surface area contributed by atoms with Crippen LogP contribution in [0.4, 0.5) is 0 Å². The van der Waals surface area contributed by atoms with Crippen molar-refractivity contribution in [3.63, 3.8) is 0 Å². The van der Waals surface area contributed by atoms with Crippen molar-refractivity contribution in [3.05, 3.63) is 46.1 Å². The number of halogens is 2. The fourth-order valence-electron chi connectivity index (χ4n) is 2.07. The Bertz CT molecular complexity index is 820. The van der Waals surface area contributed by atoms with Gasteiger partial charge in [-0.25, -0.2) is 4.68 Å². The number of thioether (sulfide) groups is 1. The number of furan rings is 1. The van der Waals surface area contributed by atoms with Crippen molar-refractivity contribution in [1.82, 2.24) is 25.5 Å². The first-order valence-electron chi connectivity index (χ1n) is 7.23. The minimum absolute atomic E-state index is 0.613. The van der Waals surface area contributed by atoms with E-state index in [0.29, 0.717) is 22.4 Å². The van der Waals surface area contributed by atoms with Crippen LogP contribution in [-0.4, -0.2) is 32.5 Å². The molecule has 0 unspecified atom stereocenters.